The first kappa shape index (κ1) is 24.1. The van der Waals surface area contributed by atoms with Crippen LogP contribution in [0.5, 0.6) is 11.5 Å². The van der Waals surface area contributed by atoms with Crippen LogP contribution in [0.2, 0.25) is 0 Å². The van der Waals surface area contributed by atoms with Crippen LogP contribution in [-0.2, 0) is 28.0 Å². The van der Waals surface area contributed by atoms with Crippen molar-refractivity contribution in [2.75, 3.05) is 10.5 Å². The van der Waals surface area contributed by atoms with Crippen LogP contribution >= 0.6 is 0 Å². The summed E-state index contributed by atoms with van der Waals surface area (Å²) in [4.78, 5) is 12.3. The Morgan fingerprint density at radius 2 is 1.58 bits per heavy atom. The van der Waals surface area contributed by atoms with Gasteiger partial charge in [0.25, 0.3) is 0 Å². The van der Waals surface area contributed by atoms with Crippen molar-refractivity contribution in [1.82, 2.24) is 5.32 Å². The number of hydrogen-bond donors (Lipinski definition) is 2. The molecule has 0 bridgehead atoms. The highest BCUT2D eigenvalue weighted by molar-refractivity contribution is 7.93. The maximum atomic E-state index is 12.4. The van der Waals surface area contributed by atoms with Gasteiger partial charge < -0.3 is 14.8 Å². The number of hydrogen-bond acceptors (Lipinski definition) is 5. The molecule has 0 aromatic heterocycles. The third-order valence-corrected chi connectivity index (χ3v) is 5.70. The van der Waals surface area contributed by atoms with Crippen molar-refractivity contribution in [3.63, 3.8) is 0 Å². The molecule has 0 aliphatic carbocycles. The van der Waals surface area contributed by atoms with E-state index in [1.807, 2.05) is 68.4 Å². The van der Waals surface area contributed by atoms with Crippen molar-refractivity contribution in [2.24, 2.45) is 0 Å². The fourth-order valence-corrected chi connectivity index (χ4v) is 4.05. The summed E-state index contributed by atoms with van der Waals surface area (Å²) in [6.07, 6.45) is 0.0186. The number of sulfonamides is 1. The lowest BCUT2D eigenvalue weighted by molar-refractivity contribution is -0.118. The summed E-state index contributed by atoms with van der Waals surface area (Å²) in [5.41, 5.74) is 2.14. The van der Waals surface area contributed by atoms with Crippen molar-refractivity contribution >= 4 is 21.6 Å². The number of carbonyl (C=O) groups excluding carboxylic acids is 1. The molecular weight excluding hydrogens is 440 g/mol. The highest BCUT2D eigenvalue weighted by Gasteiger charge is 2.17. The van der Waals surface area contributed by atoms with Gasteiger partial charge in [0.1, 0.15) is 23.9 Å². The Kier molecular flexibility index (Phi) is 8.32. The molecule has 3 rings (SSSR count). The number of benzene rings is 3. The molecule has 1 amide bonds. The summed E-state index contributed by atoms with van der Waals surface area (Å²) >= 11 is 0. The molecule has 3 aromatic carbocycles. The lowest BCUT2D eigenvalue weighted by Gasteiger charge is -2.13. The lowest BCUT2D eigenvalue weighted by Crippen LogP contribution is -2.32. The summed E-state index contributed by atoms with van der Waals surface area (Å²) in [5, 5.41) is 2.65. The monoisotopic (exact) mass is 468 g/mol. The Morgan fingerprint density at radius 3 is 2.27 bits per heavy atom. The summed E-state index contributed by atoms with van der Waals surface area (Å²) in [5.74, 6) is -0.0325. The second-order valence-electron chi connectivity index (χ2n) is 7.71. The maximum absolute atomic E-state index is 12.4. The number of ether oxygens (including phenoxy) is 2. The zero-order valence-corrected chi connectivity index (χ0v) is 19.5. The van der Waals surface area contributed by atoms with Gasteiger partial charge in [0.2, 0.25) is 15.9 Å². The summed E-state index contributed by atoms with van der Waals surface area (Å²) in [6, 6.07) is 23.6. The van der Waals surface area contributed by atoms with Gasteiger partial charge in [0, 0.05) is 17.8 Å². The minimum atomic E-state index is -3.86. The number of amides is 1. The second-order valence-corrected chi connectivity index (χ2v) is 9.43. The number of rotatable bonds is 11. The van der Waals surface area contributed by atoms with Gasteiger partial charge >= 0.3 is 0 Å². The predicted octanol–water partition coefficient (Wildman–Crippen LogP) is 4.11. The van der Waals surface area contributed by atoms with E-state index in [-0.39, 0.29) is 12.6 Å². The molecule has 3 aromatic rings. The van der Waals surface area contributed by atoms with E-state index in [0.717, 1.165) is 11.1 Å². The van der Waals surface area contributed by atoms with E-state index in [1.54, 1.807) is 24.3 Å². The molecule has 0 aliphatic heterocycles. The van der Waals surface area contributed by atoms with Gasteiger partial charge in [-0.25, -0.2) is 8.42 Å². The summed E-state index contributed by atoms with van der Waals surface area (Å²) in [7, 11) is -3.86. The molecule has 0 fully saturated rings. The molecule has 0 aliphatic rings. The van der Waals surface area contributed by atoms with Gasteiger partial charge in [-0.15, -0.1) is 0 Å². The maximum Gasteiger partial charge on any atom is 0.241 e. The van der Waals surface area contributed by atoms with Crippen LogP contribution in [0, 0.1) is 0 Å². The van der Waals surface area contributed by atoms with E-state index in [4.69, 9.17) is 9.47 Å². The Bertz CT molecular complexity index is 1150. The van der Waals surface area contributed by atoms with Crippen LogP contribution < -0.4 is 19.5 Å². The Morgan fingerprint density at radius 1 is 0.909 bits per heavy atom. The quantitative estimate of drug-likeness (QED) is 0.442. The molecule has 0 saturated heterocycles. The lowest BCUT2D eigenvalue weighted by atomic mass is 10.2. The molecule has 2 N–H and O–H groups in total. The third-order valence-electron chi connectivity index (χ3n) is 4.51. The molecular formula is C25H28N2O5S. The summed E-state index contributed by atoms with van der Waals surface area (Å²) in [6.45, 7) is 4.36. The van der Waals surface area contributed by atoms with Crippen LogP contribution in [0.4, 0.5) is 5.69 Å². The van der Waals surface area contributed by atoms with Crippen molar-refractivity contribution in [3.8, 4) is 11.5 Å². The standard InChI is InChI=1S/C25H28N2O5S/c1-19(2)32-23-14-12-22(13-15-23)27-33(29,30)18-25(28)26-16-21-10-6-7-11-24(21)31-17-20-8-4-3-5-9-20/h3-15,19,27H,16-18H2,1-2H3,(H,26,28). The van der Waals surface area contributed by atoms with E-state index in [2.05, 4.69) is 10.0 Å². The Labute approximate surface area is 194 Å². The van der Waals surface area contributed by atoms with Crippen LogP contribution in [0.1, 0.15) is 25.0 Å². The first-order chi connectivity index (χ1) is 15.8. The highest BCUT2D eigenvalue weighted by atomic mass is 32.2. The number of carbonyl (C=O) groups is 1. The van der Waals surface area contributed by atoms with Gasteiger partial charge in [-0.1, -0.05) is 48.5 Å². The van der Waals surface area contributed by atoms with E-state index in [1.165, 1.54) is 0 Å². The number of nitrogens with one attached hydrogen (secondary N) is 2. The SMILES string of the molecule is CC(C)Oc1ccc(NS(=O)(=O)CC(=O)NCc2ccccc2OCc2ccccc2)cc1. The van der Waals surface area contributed by atoms with Crippen LogP contribution in [0.15, 0.2) is 78.9 Å². The first-order valence-electron chi connectivity index (χ1n) is 10.6. The number of para-hydroxylation sites is 1. The molecule has 7 nitrogen and oxygen atoms in total. The Balaban J connectivity index is 1.52. The molecule has 0 spiro atoms. The topological polar surface area (TPSA) is 93.7 Å². The minimum Gasteiger partial charge on any atom is -0.491 e. The summed E-state index contributed by atoms with van der Waals surface area (Å²) < 4.78 is 38.6. The minimum absolute atomic E-state index is 0.0186. The van der Waals surface area contributed by atoms with E-state index >= 15 is 0 Å². The molecule has 174 valence electrons. The van der Waals surface area contributed by atoms with Crippen molar-refractivity contribution in [2.45, 2.75) is 33.1 Å². The molecule has 0 heterocycles. The van der Waals surface area contributed by atoms with Gasteiger partial charge in [0.15, 0.2) is 0 Å². The van der Waals surface area contributed by atoms with Crippen molar-refractivity contribution < 1.29 is 22.7 Å². The molecule has 0 radical (unpaired) electrons. The zero-order chi connectivity index (χ0) is 23.7. The van der Waals surface area contributed by atoms with Gasteiger partial charge in [-0.05, 0) is 49.7 Å². The smallest absolute Gasteiger partial charge is 0.241 e. The average molecular weight is 469 g/mol. The van der Waals surface area contributed by atoms with Crippen LogP contribution in [0.3, 0.4) is 0 Å². The number of anilines is 1. The molecule has 33 heavy (non-hydrogen) atoms. The van der Waals surface area contributed by atoms with E-state index < -0.39 is 21.7 Å². The van der Waals surface area contributed by atoms with Crippen molar-refractivity contribution in [1.29, 1.82) is 0 Å². The predicted molar refractivity (Wildman–Crippen MR) is 129 cm³/mol. The van der Waals surface area contributed by atoms with Gasteiger partial charge in [-0.2, -0.15) is 0 Å². The molecule has 0 unspecified atom stereocenters. The molecule has 0 saturated carbocycles. The normalized spacial score (nSPS) is 11.1. The van der Waals surface area contributed by atoms with E-state index in [9.17, 15) is 13.2 Å². The third kappa shape index (κ3) is 8.16. The largest absolute Gasteiger partial charge is 0.491 e. The zero-order valence-electron chi connectivity index (χ0n) is 18.7. The van der Waals surface area contributed by atoms with Gasteiger partial charge in [0.05, 0.1) is 6.10 Å². The Hall–Kier alpha value is -3.52. The van der Waals surface area contributed by atoms with Crippen LogP contribution in [0.25, 0.3) is 0 Å². The second kappa shape index (κ2) is 11.4. The van der Waals surface area contributed by atoms with E-state index in [0.29, 0.717) is 23.8 Å². The van der Waals surface area contributed by atoms with Gasteiger partial charge in [-0.3, -0.25) is 9.52 Å². The molecule has 8 heteroatoms. The fraction of sp³-hybridized carbons (Fsp3) is 0.240. The van der Waals surface area contributed by atoms with Crippen LogP contribution in [-0.4, -0.2) is 26.2 Å². The average Bonchev–Trinajstić information content (AvgIpc) is 2.78. The first-order valence-corrected chi connectivity index (χ1v) is 12.2. The highest BCUT2D eigenvalue weighted by Crippen LogP contribution is 2.20. The molecule has 0 atom stereocenters. The fourth-order valence-electron chi connectivity index (χ4n) is 3.03. The van der Waals surface area contributed by atoms with Crippen molar-refractivity contribution in [3.05, 3.63) is 90.0 Å².